The van der Waals surface area contributed by atoms with E-state index in [4.69, 9.17) is 9.72 Å². The lowest BCUT2D eigenvalue weighted by Crippen LogP contribution is -2.21. The maximum atomic E-state index is 12.3. The van der Waals surface area contributed by atoms with Gasteiger partial charge in [0, 0.05) is 36.4 Å². The average molecular weight is 369 g/mol. The normalized spacial score (nSPS) is 17.9. The minimum Gasteiger partial charge on any atom is -0.461 e. The van der Waals surface area contributed by atoms with Crippen LogP contribution < -0.4 is 0 Å². The predicted octanol–water partition coefficient (Wildman–Crippen LogP) is 3.08. The number of ether oxygens (including phenoxy) is 1. The number of fused-ring (bicyclic) bond motifs is 2. The van der Waals surface area contributed by atoms with Crippen LogP contribution in [0.4, 0.5) is 0 Å². The zero-order valence-electron chi connectivity index (χ0n) is 15.3. The zero-order valence-corrected chi connectivity index (χ0v) is 15.3. The van der Waals surface area contributed by atoms with E-state index in [1.807, 2.05) is 30.3 Å². The molecule has 5 rings (SSSR count). The molecule has 28 heavy (non-hydrogen) atoms. The van der Waals surface area contributed by atoms with Gasteiger partial charge in [0.25, 0.3) is 0 Å². The largest absolute Gasteiger partial charge is 0.461 e. The van der Waals surface area contributed by atoms with E-state index in [1.54, 1.807) is 12.4 Å². The molecule has 0 fully saturated rings. The topological polar surface area (TPSA) is 64.4 Å². The fraction of sp³-hybridized carbons (Fsp3) is 0.217. The second-order valence-electron chi connectivity index (χ2n) is 7.17. The number of carbonyl (C=O) groups excluding carboxylic acids is 1. The molecule has 0 aliphatic carbocycles. The molecule has 3 aromatic rings. The van der Waals surface area contributed by atoms with E-state index in [2.05, 4.69) is 28.2 Å². The summed E-state index contributed by atoms with van der Waals surface area (Å²) >= 11 is 0. The lowest BCUT2D eigenvalue weighted by atomic mass is 9.96. The third-order valence-corrected chi connectivity index (χ3v) is 5.23. The maximum absolute atomic E-state index is 12.3. The molecule has 2 aromatic heterocycles. The standard InChI is InChI=1S/C23H19N3O2/c27-22-13-20-17(11-18(28-22)10-15-4-2-1-3-5-15)12-19-21(26-20)14-25-23(19)16-6-8-24-9-7-16/h1-9,12,18H,10-11,13-14H2. The first-order valence-electron chi connectivity index (χ1n) is 9.46. The van der Waals surface area contributed by atoms with Crippen LogP contribution in [0.15, 0.2) is 65.9 Å². The highest BCUT2D eigenvalue weighted by Gasteiger charge is 2.28. The molecule has 2 aliphatic heterocycles. The number of benzene rings is 1. The Morgan fingerprint density at radius 1 is 1.04 bits per heavy atom. The van der Waals surface area contributed by atoms with E-state index < -0.39 is 0 Å². The highest BCUT2D eigenvalue weighted by atomic mass is 16.5. The van der Waals surface area contributed by atoms with Crippen LogP contribution in [0, 0.1) is 0 Å². The van der Waals surface area contributed by atoms with Gasteiger partial charge in [-0.05, 0) is 29.3 Å². The van der Waals surface area contributed by atoms with Crippen LogP contribution in [0.25, 0.3) is 0 Å². The van der Waals surface area contributed by atoms with Crippen molar-refractivity contribution in [2.75, 3.05) is 0 Å². The predicted molar refractivity (Wildman–Crippen MR) is 105 cm³/mol. The number of hydrogen-bond donors (Lipinski definition) is 0. The summed E-state index contributed by atoms with van der Waals surface area (Å²) in [6.07, 6.45) is 4.95. The maximum Gasteiger partial charge on any atom is 0.312 e. The van der Waals surface area contributed by atoms with Gasteiger partial charge >= 0.3 is 5.97 Å². The van der Waals surface area contributed by atoms with Crippen molar-refractivity contribution in [2.45, 2.75) is 31.9 Å². The number of carbonyl (C=O) groups is 1. The van der Waals surface area contributed by atoms with E-state index in [0.29, 0.717) is 19.4 Å². The monoisotopic (exact) mass is 369 g/mol. The molecule has 0 spiro atoms. The molecule has 0 amide bonds. The number of pyridine rings is 2. The molecule has 0 radical (unpaired) electrons. The van der Waals surface area contributed by atoms with Crippen molar-refractivity contribution in [1.29, 1.82) is 0 Å². The summed E-state index contributed by atoms with van der Waals surface area (Å²) in [5.74, 6) is -0.208. The Hall–Kier alpha value is -3.34. The van der Waals surface area contributed by atoms with Crippen molar-refractivity contribution < 1.29 is 9.53 Å². The lowest BCUT2D eigenvalue weighted by molar-refractivity contribution is -0.147. The molecule has 2 aliphatic rings. The van der Waals surface area contributed by atoms with Gasteiger partial charge in [-0.2, -0.15) is 0 Å². The number of rotatable bonds is 3. The first-order chi connectivity index (χ1) is 13.8. The molecule has 1 aromatic carbocycles. The minimum absolute atomic E-state index is 0.182. The second-order valence-corrected chi connectivity index (χ2v) is 7.17. The number of hydrogen-bond acceptors (Lipinski definition) is 5. The number of aromatic nitrogens is 2. The first kappa shape index (κ1) is 16.8. The zero-order chi connectivity index (χ0) is 18.9. The Morgan fingerprint density at radius 3 is 2.68 bits per heavy atom. The number of aliphatic imine (C=N–C) groups is 1. The quantitative estimate of drug-likeness (QED) is 0.666. The Labute approximate surface area is 163 Å². The molecule has 4 heterocycles. The molecule has 1 atom stereocenters. The average Bonchev–Trinajstić information content (AvgIpc) is 3.05. The van der Waals surface area contributed by atoms with Gasteiger partial charge in [0.2, 0.25) is 0 Å². The van der Waals surface area contributed by atoms with Crippen LogP contribution in [-0.2, 0) is 35.3 Å². The third kappa shape index (κ3) is 3.20. The Morgan fingerprint density at radius 2 is 1.86 bits per heavy atom. The van der Waals surface area contributed by atoms with E-state index >= 15 is 0 Å². The fourth-order valence-electron chi connectivity index (χ4n) is 3.93. The molecule has 0 saturated heterocycles. The molecule has 138 valence electrons. The molecule has 5 nitrogen and oxygen atoms in total. The van der Waals surface area contributed by atoms with Crippen LogP contribution in [0.2, 0.25) is 0 Å². The Balaban J connectivity index is 1.48. The van der Waals surface area contributed by atoms with Gasteiger partial charge in [-0.25, -0.2) is 0 Å². The van der Waals surface area contributed by atoms with Gasteiger partial charge in [-0.3, -0.25) is 19.8 Å². The van der Waals surface area contributed by atoms with Crippen molar-refractivity contribution in [3.8, 4) is 0 Å². The molecular weight excluding hydrogens is 350 g/mol. The Kier molecular flexibility index (Phi) is 4.20. The van der Waals surface area contributed by atoms with Gasteiger partial charge in [0.1, 0.15) is 6.10 Å². The summed E-state index contributed by atoms with van der Waals surface area (Å²) in [4.78, 5) is 25.9. The smallest absolute Gasteiger partial charge is 0.312 e. The van der Waals surface area contributed by atoms with Crippen molar-refractivity contribution in [2.24, 2.45) is 4.99 Å². The van der Waals surface area contributed by atoms with Gasteiger partial charge in [0.05, 0.1) is 30.1 Å². The van der Waals surface area contributed by atoms with Crippen molar-refractivity contribution in [3.05, 3.63) is 94.6 Å². The summed E-state index contributed by atoms with van der Waals surface area (Å²) in [7, 11) is 0. The number of nitrogens with zero attached hydrogens (tertiary/aromatic N) is 3. The lowest BCUT2D eigenvalue weighted by Gasteiger charge is -2.16. The summed E-state index contributed by atoms with van der Waals surface area (Å²) < 4.78 is 5.72. The molecule has 0 N–H and O–H groups in total. The molecule has 0 saturated carbocycles. The second kappa shape index (κ2) is 7.00. The number of esters is 1. The number of cyclic esters (lactones) is 1. The van der Waals surface area contributed by atoms with E-state index in [9.17, 15) is 4.79 Å². The summed E-state index contributed by atoms with van der Waals surface area (Å²) in [5.41, 5.74) is 7.04. The van der Waals surface area contributed by atoms with Crippen LogP contribution >= 0.6 is 0 Å². The van der Waals surface area contributed by atoms with Crippen LogP contribution in [0.5, 0.6) is 0 Å². The van der Waals surface area contributed by atoms with E-state index in [-0.39, 0.29) is 18.5 Å². The highest BCUT2D eigenvalue weighted by Crippen LogP contribution is 2.27. The van der Waals surface area contributed by atoms with E-state index in [0.717, 1.165) is 39.4 Å². The molecule has 0 bridgehead atoms. The van der Waals surface area contributed by atoms with Gasteiger partial charge < -0.3 is 4.74 Å². The molecule has 5 heteroatoms. The SMILES string of the molecule is O=C1Cc2nc3c(cc2CC(Cc2ccccc2)O1)C(c1ccncc1)=NC3. The summed E-state index contributed by atoms with van der Waals surface area (Å²) in [6, 6.07) is 16.2. The van der Waals surface area contributed by atoms with Crippen LogP contribution in [0.3, 0.4) is 0 Å². The summed E-state index contributed by atoms with van der Waals surface area (Å²) in [5, 5.41) is 0. The van der Waals surface area contributed by atoms with Crippen molar-refractivity contribution in [1.82, 2.24) is 9.97 Å². The van der Waals surface area contributed by atoms with Crippen LogP contribution in [0.1, 0.15) is 33.6 Å². The van der Waals surface area contributed by atoms with Gasteiger partial charge in [0.15, 0.2) is 0 Å². The highest BCUT2D eigenvalue weighted by molar-refractivity contribution is 6.14. The Bertz CT molecular complexity index is 1060. The minimum atomic E-state index is -0.208. The van der Waals surface area contributed by atoms with Crippen LogP contribution in [-0.4, -0.2) is 27.8 Å². The fourth-order valence-corrected chi connectivity index (χ4v) is 3.93. The first-order valence-corrected chi connectivity index (χ1v) is 9.46. The van der Waals surface area contributed by atoms with Gasteiger partial charge in [-0.1, -0.05) is 30.3 Å². The van der Waals surface area contributed by atoms with Crippen molar-refractivity contribution in [3.63, 3.8) is 0 Å². The molecular formula is C23H19N3O2. The van der Waals surface area contributed by atoms with E-state index in [1.165, 1.54) is 0 Å². The summed E-state index contributed by atoms with van der Waals surface area (Å²) in [6.45, 7) is 0.544. The molecule has 1 unspecified atom stereocenters. The van der Waals surface area contributed by atoms with Crippen molar-refractivity contribution >= 4 is 11.7 Å². The third-order valence-electron chi connectivity index (χ3n) is 5.23. The van der Waals surface area contributed by atoms with Gasteiger partial charge in [-0.15, -0.1) is 0 Å².